The minimum absolute atomic E-state index is 0.0246. The molecule has 4 rings (SSSR count). The van der Waals surface area contributed by atoms with Crippen molar-refractivity contribution in [3.63, 3.8) is 0 Å². The summed E-state index contributed by atoms with van der Waals surface area (Å²) in [4.78, 5) is 29.7. The molecule has 0 bridgehead atoms. The fraction of sp³-hybridized carbons (Fsp3) is 0.148. The van der Waals surface area contributed by atoms with Crippen molar-refractivity contribution in [3.05, 3.63) is 99.3 Å². The molecule has 1 amide bonds. The van der Waals surface area contributed by atoms with Gasteiger partial charge in [-0.1, -0.05) is 40.2 Å². The van der Waals surface area contributed by atoms with Gasteiger partial charge in [-0.3, -0.25) is 9.59 Å². The second kappa shape index (κ2) is 11.8. The summed E-state index contributed by atoms with van der Waals surface area (Å²) in [7, 11) is 0. The predicted molar refractivity (Wildman–Crippen MR) is 144 cm³/mol. The van der Waals surface area contributed by atoms with E-state index in [2.05, 4.69) is 21.2 Å². The Kier molecular flexibility index (Phi) is 8.48. The van der Waals surface area contributed by atoms with Crippen LogP contribution >= 0.6 is 27.3 Å². The number of aliphatic carboxylic acids is 1. The average Bonchev–Trinajstić information content (AvgIpc) is 3.37. The number of thiazole rings is 1. The zero-order valence-electron chi connectivity index (χ0n) is 19.7. The summed E-state index contributed by atoms with van der Waals surface area (Å²) in [6, 6.07) is 19.5. The summed E-state index contributed by atoms with van der Waals surface area (Å²) in [5.74, 6) is -1.38. The number of aromatic nitrogens is 1. The van der Waals surface area contributed by atoms with Crippen molar-refractivity contribution in [1.82, 2.24) is 10.3 Å². The first-order chi connectivity index (χ1) is 18.1. The van der Waals surface area contributed by atoms with E-state index in [1.54, 1.807) is 29.6 Å². The molecule has 0 aliphatic heterocycles. The van der Waals surface area contributed by atoms with E-state index in [0.29, 0.717) is 28.5 Å². The molecule has 2 N–H and O–H groups in total. The van der Waals surface area contributed by atoms with E-state index >= 15 is 0 Å². The van der Waals surface area contributed by atoms with Crippen molar-refractivity contribution in [2.75, 3.05) is 11.4 Å². The van der Waals surface area contributed by atoms with E-state index < -0.39 is 17.7 Å². The van der Waals surface area contributed by atoms with Gasteiger partial charge in [-0.25, -0.2) is 4.98 Å². The molecule has 1 aromatic heterocycles. The molecule has 11 heteroatoms. The van der Waals surface area contributed by atoms with Gasteiger partial charge in [0.15, 0.2) is 5.13 Å². The molecule has 1 heterocycles. The van der Waals surface area contributed by atoms with E-state index in [9.17, 15) is 22.8 Å². The largest absolute Gasteiger partial charge is 0.481 e. The molecular weight excluding hydrogens is 583 g/mol. The number of amides is 1. The normalized spacial score (nSPS) is 11.3. The fourth-order valence-corrected chi connectivity index (χ4v) is 4.92. The molecule has 0 saturated carbocycles. The van der Waals surface area contributed by atoms with Crippen molar-refractivity contribution in [1.29, 1.82) is 0 Å². The van der Waals surface area contributed by atoms with Crippen LogP contribution in [0.2, 0.25) is 0 Å². The number of halogens is 4. The summed E-state index contributed by atoms with van der Waals surface area (Å²) in [6.07, 6.45) is -4.58. The first kappa shape index (κ1) is 27.3. The molecule has 0 aliphatic rings. The monoisotopic (exact) mass is 603 g/mol. The highest BCUT2D eigenvalue weighted by molar-refractivity contribution is 9.10. The second-order valence-corrected chi connectivity index (χ2v) is 10.0. The fourth-order valence-electron chi connectivity index (χ4n) is 3.62. The topological polar surface area (TPSA) is 82.5 Å². The lowest BCUT2D eigenvalue weighted by molar-refractivity contribution is -0.138. The molecular formula is C27H21BrF3N3O3S. The lowest BCUT2D eigenvalue weighted by Crippen LogP contribution is -2.26. The van der Waals surface area contributed by atoms with Gasteiger partial charge in [-0.2, -0.15) is 13.2 Å². The number of anilines is 2. The Balaban J connectivity index is 1.61. The molecule has 0 unspecified atom stereocenters. The van der Waals surface area contributed by atoms with E-state index in [0.717, 1.165) is 27.9 Å². The first-order valence-electron chi connectivity index (χ1n) is 11.4. The highest BCUT2D eigenvalue weighted by Gasteiger charge is 2.30. The Morgan fingerprint density at radius 3 is 2.37 bits per heavy atom. The molecule has 0 aliphatic carbocycles. The Labute approximate surface area is 228 Å². The highest BCUT2D eigenvalue weighted by Crippen LogP contribution is 2.35. The van der Waals surface area contributed by atoms with E-state index in [-0.39, 0.29) is 18.9 Å². The van der Waals surface area contributed by atoms with Crippen LogP contribution in [0.15, 0.2) is 82.6 Å². The second-order valence-electron chi connectivity index (χ2n) is 8.25. The smallest absolute Gasteiger partial charge is 0.416 e. The molecule has 196 valence electrons. The Hall–Kier alpha value is -3.70. The summed E-state index contributed by atoms with van der Waals surface area (Å²) >= 11 is 4.83. The number of carboxylic acids is 1. The number of carboxylic acid groups (broad SMARTS) is 1. The maximum atomic E-state index is 13.0. The van der Waals surface area contributed by atoms with Gasteiger partial charge in [0.1, 0.15) is 0 Å². The number of rotatable bonds is 9. The summed E-state index contributed by atoms with van der Waals surface area (Å²) in [5, 5.41) is 13.7. The molecule has 0 atom stereocenters. The number of benzene rings is 3. The van der Waals surface area contributed by atoms with E-state index in [1.807, 2.05) is 29.2 Å². The van der Waals surface area contributed by atoms with Gasteiger partial charge in [0, 0.05) is 33.2 Å². The Morgan fingerprint density at radius 1 is 1.03 bits per heavy atom. The lowest BCUT2D eigenvalue weighted by atomic mass is 10.1. The van der Waals surface area contributed by atoms with Crippen LogP contribution in [0.1, 0.15) is 27.9 Å². The van der Waals surface area contributed by atoms with Crippen LogP contribution in [0.5, 0.6) is 0 Å². The number of alkyl halides is 3. The SMILES string of the molecule is O=C(O)CCNC(=O)c1ccc(N(Cc2cccc(Br)c2)c2nc(-c3ccc(C(F)(F)F)cc3)cs2)cc1. The third kappa shape index (κ3) is 6.99. The summed E-state index contributed by atoms with van der Waals surface area (Å²) < 4.78 is 39.8. The zero-order valence-corrected chi connectivity index (χ0v) is 22.1. The average molecular weight is 604 g/mol. The maximum absolute atomic E-state index is 13.0. The molecule has 0 fully saturated rings. The third-order valence-corrected chi connectivity index (χ3v) is 6.88. The van der Waals surface area contributed by atoms with Crippen molar-refractivity contribution in [2.24, 2.45) is 0 Å². The van der Waals surface area contributed by atoms with Gasteiger partial charge in [0.2, 0.25) is 0 Å². The summed E-state index contributed by atoms with van der Waals surface area (Å²) in [6.45, 7) is 0.473. The van der Waals surface area contributed by atoms with Crippen LogP contribution in [-0.2, 0) is 17.5 Å². The number of carbonyl (C=O) groups is 2. The molecule has 3 aromatic carbocycles. The van der Waals surface area contributed by atoms with Gasteiger partial charge in [0.05, 0.1) is 24.2 Å². The van der Waals surface area contributed by atoms with Gasteiger partial charge in [-0.15, -0.1) is 11.3 Å². The van der Waals surface area contributed by atoms with Gasteiger partial charge >= 0.3 is 12.1 Å². The van der Waals surface area contributed by atoms with Crippen LogP contribution in [-0.4, -0.2) is 28.5 Å². The highest BCUT2D eigenvalue weighted by atomic mass is 79.9. The number of hydrogen-bond acceptors (Lipinski definition) is 5. The Bertz CT molecular complexity index is 1420. The zero-order chi connectivity index (χ0) is 27.3. The minimum Gasteiger partial charge on any atom is -0.481 e. The van der Waals surface area contributed by atoms with Crippen molar-refractivity contribution < 1.29 is 27.9 Å². The molecule has 6 nitrogen and oxygen atoms in total. The van der Waals surface area contributed by atoms with Gasteiger partial charge in [0.25, 0.3) is 5.91 Å². The number of hydrogen-bond donors (Lipinski definition) is 2. The quantitative estimate of drug-likeness (QED) is 0.212. The number of carbonyl (C=O) groups excluding carboxylic acids is 1. The minimum atomic E-state index is -4.41. The molecule has 0 spiro atoms. The molecule has 4 aromatic rings. The predicted octanol–water partition coefficient (Wildman–Crippen LogP) is 7.13. The number of nitrogens with zero attached hydrogens (tertiary/aromatic N) is 2. The van der Waals surface area contributed by atoms with Crippen LogP contribution < -0.4 is 10.2 Å². The van der Waals surface area contributed by atoms with E-state index in [4.69, 9.17) is 10.1 Å². The van der Waals surface area contributed by atoms with Crippen molar-refractivity contribution >= 4 is 50.0 Å². The Morgan fingerprint density at radius 2 is 1.74 bits per heavy atom. The van der Waals surface area contributed by atoms with Crippen LogP contribution in [0.3, 0.4) is 0 Å². The van der Waals surface area contributed by atoms with Crippen molar-refractivity contribution in [2.45, 2.75) is 19.1 Å². The first-order valence-corrected chi connectivity index (χ1v) is 13.0. The molecule has 0 radical (unpaired) electrons. The van der Waals surface area contributed by atoms with E-state index in [1.165, 1.54) is 23.5 Å². The van der Waals surface area contributed by atoms with Crippen molar-refractivity contribution in [3.8, 4) is 11.3 Å². The lowest BCUT2D eigenvalue weighted by Gasteiger charge is -2.22. The third-order valence-electron chi connectivity index (χ3n) is 5.53. The molecule has 0 saturated heterocycles. The molecule has 38 heavy (non-hydrogen) atoms. The maximum Gasteiger partial charge on any atom is 0.416 e. The van der Waals surface area contributed by atoms with Crippen LogP contribution in [0.25, 0.3) is 11.3 Å². The van der Waals surface area contributed by atoms with Crippen LogP contribution in [0, 0.1) is 0 Å². The number of nitrogens with one attached hydrogen (secondary N) is 1. The summed E-state index contributed by atoms with van der Waals surface area (Å²) in [5.41, 5.74) is 2.51. The standard InChI is InChI=1S/C27H21BrF3N3O3S/c28-21-3-1-2-17(14-21)15-34(22-10-6-19(7-11-22)25(37)32-13-12-24(35)36)26-33-23(16-38-26)18-4-8-20(9-5-18)27(29,30)31/h1-11,14,16H,12-13,15H2,(H,32,37)(H,35,36). The van der Waals surface area contributed by atoms with Gasteiger partial charge < -0.3 is 15.3 Å². The van der Waals surface area contributed by atoms with Gasteiger partial charge in [-0.05, 0) is 54.1 Å². The van der Waals surface area contributed by atoms with Crippen LogP contribution in [0.4, 0.5) is 24.0 Å².